The highest BCUT2D eigenvalue weighted by Gasteiger charge is 2.34. The zero-order valence-corrected chi connectivity index (χ0v) is 10.2. The number of alkyl halides is 3. The fraction of sp³-hybridized carbons (Fsp3) is 0.273. The van der Waals surface area contributed by atoms with Crippen LogP contribution in [-0.2, 0) is 16.2 Å². The van der Waals surface area contributed by atoms with Gasteiger partial charge in [-0.15, -0.1) is 6.42 Å². The van der Waals surface area contributed by atoms with Crippen LogP contribution in [0, 0.1) is 19.3 Å². The van der Waals surface area contributed by atoms with Crippen LogP contribution in [0.15, 0.2) is 23.1 Å². The number of hydrogen-bond acceptors (Lipinski definition) is 2. The monoisotopic (exact) mass is 277 g/mol. The average molecular weight is 277 g/mol. The molecule has 1 N–H and O–H groups in total. The first-order valence-corrected chi connectivity index (χ1v) is 6.28. The van der Waals surface area contributed by atoms with Crippen LogP contribution in [0.3, 0.4) is 0 Å². The van der Waals surface area contributed by atoms with E-state index in [0.29, 0.717) is 0 Å². The van der Waals surface area contributed by atoms with Crippen LogP contribution < -0.4 is 4.72 Å². The summed E-state index contributed by atoms with van der Waals surface area (Å²) in [5.74, 6) is 2.05. The Kier molecular flexibility index (Phi) is 4.04. The first-order valence-electron chi connectivity index (χ1n) is 4.80. The predicted octanol–water partition coefficient (Wildman–Crippen LogP) is 1.93. The number of sulfonamides is 1. The lowest BCUT2D eigenvalue weighted by molar-refractivity contribution is -0.138. The third-order valence-corrected chi connectivity index (χ3v) is 3.79. The molecule has 0 radical (unpaired) electrons. The molecule has 1 rings (SSSR count). The van der Waals surface area contributed by atoms with Crippen molar-refractivity contribution in [1.82, 2.24) is 4.72 Å². The van der Waals surface area contributed by atoms with Crippen molar-refractivity contribution in [3.8, 4) is 12.3 Å². The maximum Gasteiger partial charge on any atom is 0.416 e. The normalized spacial score (nSPS) is 12.2. The van der Waals surface area contributed by atoms with Gasteiger partial charge in [-0.2, -0.15) is 17.9 Å². The van der Waals surface area contributed by atoms with Crippen LogP contribution in [-0.4, -0.2) is 15.0 Å². The summed E-state index contributed by atoms with van der Waals surface area (Å²) in [6.45, 7) is 0.825. The Bertz CT molecular complexity index is 585. The zero-order chi connectivity index (χ0) is 14.0. The first-order chi connectivity index (χ1) is 8.20. The highest BCUT2D eigenvalue weighted by molar-refractivity contribution is 7.89. The molecule has 1 aromatic carbocycles. The summed E-state index contributed by atoms with van der Waals surface area (Å²) in [5.41, 5.74) is -1.33. The number of terminal acetylenes is 1. The molecule has 7 heteroatoms. The fourth-order valence-corrected chi connectivity index (χ4v) is 2.63. The standard InChI is InChI=1S/C11H10F3NO2S/c1-3-7-15-18(16,17)10-6-4-5-9(8(10)2)11(12,13)14/h1,4-6,15H,7H2,2H3. The van der Waals surface area contributed by atoms with E-state index in [1.807, 2.05) is 10.6 Å². The molecule has 98 valence electrons. The summed E-state index contributed by atoms with van der Waals surface area (Å²) < 4.78 is 63.3. The molecule has 0 atom stereocenters. The molecule has 1 aromatic rings. The molecular weight excluding hydrogens is 267 g/mol. The number of hydrogen-bond donors (Lipinski definition) is 1. The second-order valence-corrected chi connectivity index (χ2v) is 5.19. The van der Waals surface area contributed by atoms with Crippen molar-refractivity contribution in [3.05, 3.63) is 29.3 Å². The average Bonchev–Trinajstić information content (AvgIpc) is 2.25. The molecular formula is C11H10F3NO2S. The van der Waals surface area contributed by atoms with Crippen molar-refractivity contribution in [1.29, 1.82) is 0 Å². The minimum absolute atomic E-state index is 0.280. The quantitative estimate of drug-likeness (QED) is 0.858. The second-order valence-electron chi connectivity index (χ2n) is 3.46. The molecule has 0 aliphatic rings. The van der Waals surface area contributed by atoms with Gasteiger partial charge < -0.3 is 0 Å². The molecule has 0 bridgehead atoms. The summed E-state index contributed by atoms with van der Waals surface area (Å²) in [6.07, 6.45) is 0.299. The highest BCUT2D eigenvalue weighted by Crippen LogP contribution is 2.33. The van der Waals surface area contributed by atoms with Crippen molar-refractivity contribution in [3.63, 3.8) is 0 Å². The molecule has 0 unspecified atom stereocenters. The lowest BCUT2D eigenvalue weighted by Gasteiger charge is -2.13. The molecule has 0 heterocycles. The SMILES string of the molecule is C#CCNS(=O)(=O)c1cccc(C(F)(F)F)c1C. The molecule has 18 heavy (non-hydrogen) atoms. The molecule has 0 fully saturated rings. The van der Waals surface area contributed by atoms with Gasteiger partial charge in [-0.25, -0.2) is 8.42 Å². The van der Waals surface area contributed by atoms with E-state index < -0.39 is 26.7 Å². The molecule has 0 saturated heterocycles. The van der Waals surface area contributed by atoms with Crippen molar-refractivity contribution in [2.75, 3.05) is 6.54 Å². The van der Waals surface area contributed by atoms with E-state index in [0.717, 1.165) is 25.1 Å². The predicted molar refractivity (Wildman–Crippen MR) is 60.2 cm³/mol. The Labute approximate surface area is 103 Å². The summed E-state index contributed by atoms with van der Waals surface area (Å²) in [4.78, 5) is -0.424. The van der Waals surface area contributed by atoms with Crippen LogP contribution in [0.25, 0.3) is 0 Å². The largest absolute Gasteiger partial charge is 0.416 e. The van der Waals surface area contributed by atoms with E-state index in [1.54, 1.807) is 0 Å². The third kappa shape index (κ3) is 3.03. The van der Waals surface area contributed by atoms with Gasteiger partial charge >= 0.3 is 6.18 Å². The molecule has 0 aliphatic carbocycles. The van der Waals surface area contributed by atoms with Gasteiger partial charge in [0.05, 0.1) is 17.0 Å². The van der Waals surface area contributed by atoms with Gasteiger partial charge in [-0.05, 0) is 24.6 Å². The minimum atomic E-state index is -4.60. The minimum Gasteiger partial charge on any atom is -0.207 e. The van der Waals surface area contributed by atoms with E-state index in [9.17, 15) is 21.6 Å². The Hall–Kier alpha value is -1.52. The Morgan fingerprint density at radius 1 is 1.39 bits per heavy atom. The van der Waals surface area contributed by atoms with Gasteiger partial charge in [-0.3, -0.25) is 0 Å². The van der Waals surface area contributed by atoms with Crippen LogP contribution >= 0.6 is 0 Å². The maximum absolute atomic E-state index is 12.6. The van der Waals surface area contributed by atoms with E-state index >= 15 is 0 Å². The molecule has 0 aromatic heterocycles. The molecule has 0 spiro atoms. The van der Waals surface area contributed by atoms with Gasteiger partial charge in [0.25, 0.3) is 0 Å². The van der Waals surface area contributed by atoms with E-state index in [2.05, 4.69) is 0 Å². The van der Waals surface area contributed by atoms with Gasteiger partial charge in [0.15, 0.2) is 0 Å². The van der Waals surface area contributed by atoms with Gasteiger partial charge in [-0.1, -0.05) is 12.0 Å². The number of nitrogens with one attached hydrogen (secondary N) is 1. The van der Waals surface area contributed by atoms with Gasteiger partial charge in [0, 0.05) is 0 Å². The highest BCUT2D eigenvalue weighted by atomic mass is 32.2. The fourth-order valence-electron chi connectivity index (χ4n) is 1.43. The van der Waals surface area contributed by atoms with E-state index in [1.165, 1.54) is 0 Å². The maximum atomic E-state index is 12.6. The Balaban J connectivity index is 3.33. The Morgan fingerprint density at radius 3 is 2.50 bits per heavy atom. The number of rotatable bonds is 3. The van der Waals surface area contributed by atoms with Gasteiger partial charge in [0.1, 0.15) is 0 Å². The third-order valence-electron chi connectivity index (χ3n) is 2.24. The number of benzene rings is 1. The van der Waals surface area contributed by atoms with Crippen molar-refractivity contribution < 1.29 is 21.6 Å². The van der Waals surface area contributed by atoms with Crippen molar-refractivity contribution >= 4 is 10.0 Å². The summed E-state index contributed by atoms with van der Waals surface area (Å²) in [6, 6.07) is 2.97. The molecule has 0 aliphatic heterocycles. The molecule has 3 nitrogen and oxygen atoms in total. The summed E-state index contributed by atoms with van der Waals surface area (Å²) in [7, 11) is -4.03. The zero-order valence-electron chi connectivity index (χ0n) is 9.38. The van der Waals surface area contributed by atoms with Crippen molar-refractivity contribution in [2.45, 2.75) is 18.0 Å². The van der Waals surface area contributed by atoms with Crippen LogP contribution in [0.5, 0.6) is 0 Å². The van der Waals surface area contributed by atoms with Crippen molar-refractivity contribution in [2.24, 2.45) is 0 Å². The van der Waals surface area contributed by atoms with Crippen LogP contribution in [0.2, 0.25) is 0 Å². The molecule has 0 amide bonds. The number of halogens is 3. The topological polar surface area (TPSA) is 46.2 Å². The lowest BCUT2D eigenvalue weighted by atomic mass is 10.1. The van der Waals surface area contributed by atoms with Crippen LogP contribution in [0.1, 0.15) is 11.1 Å². The first kappa shape index (κ1) is 14.5. The molecule has 0 saturated carbocycles. The summed E-state index contributed by atoms with van der Waals surface area (Å²) in [5, 5.41) is 0. The lowest BCUT2D eigenvalue weighted by Crippen LogP contribution is -2.25. The Morgan fingerprint density at radius 2 is 2.00 bits per heavy atom. The van der Waals surface area contributed by atoms with E-state index in [-0.39, 0.29) is 12.1 Å². The van der Waals surface area contributed by atoms with Crippen LogP contribution in [0.4, 0.5) is 13.2 Å². The second kappa shape index (κ2) is 5.00. The smallest absolute Gasteiger partial charge is 0.207 e. The van der Waals surface area contributed by atoms with E-state index in [4.69, 9.17) is 6.42 Å². The van der Waals surface area contributed by atoms with Gasteiger partial charge in [0.2, 0.25) is 10.0 Å². The summed E-state index contributed by atoms with van der Waals surface area (Å²) >= 11 is 0.